The van der Waals surface area contributed by atoms with E-state index < -0.39 is 0 Å². The number of aromatic nitrogens is 1. The first kappa shape index (κ1) is 21.7. The van der Waals surface area contributed by atoms with Crippen molar-refractivity contribution in [2.45, 2.75) is 50.6 Å². The topological polar surface area (TPSA) is 48.6 Å². The number of ether oxygens (including phenoxy) is 1. The van der Waals surface area contributed by atoms with Gasteiger partial charge in [0.1, 0.15) is 11.6 Å². The highest BCUT2D eigenvalue weighted by Gasteiger charge is 2.45. The van der Waals surface area contributed by atoms with Gasteiger partial charge in [-0.3, -0.25) is 9.69 Å². The molecule has 2 aromatic carbocycles. The number of methoxy groups -OCH3 is 1. The zero-order chi connectivity index (χ0) is 23.3. The second-order valence-corrected chi connectivity index (χ2v) is 10.4. The molecular weight excluding hydrogens is 429 g/mol. The summed E-state index contributed by atoms with van der Waals surface area (Å²) < 4.78 is 20.0. The van der Waals surface area contributed by atoms with Gasteiger partial charge in [-0.2, -0.15) is 0 Å². The van der Waals surface area contributed by atoms with Crippen LogP contribution >= 0.6 is 0 Å². The highest BCUT2D eigenvalue weighted by atomic mass is 19.1. The molecule has 2 aliphatic heterocycles. The number of fused-ring (bicyclic) bond motifs is 4. The van der Waals surface area contributed by atoms with Crippen LogP contribution in [-0.2, 0) is 23.3 Å². The van der Waals surface area contributed by atoms with E-state index in [4.69, 9.17) is 4.74 Å². The molecule has 2 fully saturated rings. The number of aromatic amines is 1. The van der Waals surface area contributed by atoms with Crippen molar-refractivity contribution in [3.05, 3.63) is 65.1 Å². The van der Waals surface area contributed by atoms with Crippen LogP contribution in [0.5, 0.6) is 5.75 Å². The van der Waals surface area contributed by atoms with Gasteiger partial charge >= 0.3 is 0 Å². The molecule has 3 aliphatic rings. The van der Waals surface area contributed by atoms with Gasteiger partial charge in [0.25, 0.3) is 0 Å². The standard InChI is InChI=1S/C28H32FN3O2/c1-34-21-9-10-22-24(15-21)30-25-17-31(16-20-5-2-3-8-23(20)29)18-28(26(22)25)11-13-32(14-12-28)27(33)19-6-4-7-19/h2-3,5,8-10,15,19,30H,4,6-7,11-14,16-18H2,1H3. The van der Waals surface area contributed by atoms with Crippen molar-refractivity contribution in [3.63, 3.8) is 0 Å². The fraction of sp³-hybridized carbons (Fsp3) is 0.464. The van der Waals surface area contributed by atoms with E-state index in [-0.39, 0.29) is 17.2 Å². The Hall–Kier alpha value is -2.86. The minimum absolute atomic E-state index is 0.0535. The number of carbonyl (C=O) groups is 1. The average molecular weight is 462 g/mol. The third-order valence-corrected chi connectivity index (χ3v) is 8.36. The molecule has 0 bridgehead atoms. The van der Waals surface area contributed by atoms with Gasteiger partial charge in [-0.15, -0.1) is 0 Å². The molecule has 1 saturated heterocycles. The van der Waals surface area contributed by atoms with Crippen LogP contribution in [-0.4, -0.2) is 47.4 Å². The number of nitrogens with one attached hydrogen (secondary N) is 1. The SMILES string of the molecule is COc1ccc2c3c([nH]c2c1)CN(Cc1ccccc1F)CC31CCN(C(=O)C2CCC2)CC1. The lowest BCUT2D eigenvalue weighted by atomic mass is 9.69. The Morgan fingerprint density at radius 1 is 1.18 bits per heavy atom. The molecule has 1 spiro atoms. The van der Waals surface area contributed by atoms with E-state index in [0.717, 1.165) is 68.7 Å². The van der Waals surface area contributed by atoms with Gasteiger partial charge < -0.3 is 14.6 Å². The quantitative estimate of drug-likeness (QED) is 0.595. The maximum Gasteiger partial charge on any atom is 0.225 e. The molecule has 5 nitrogen and oxygen atoms in total. The minimum Gasteiger partial charge on any atom is -0.497 e. The summed E-state index contributed by atoms with van der Waals surface area (Å²) in [4.78, 5) is 21.1. The number of piperidine rings is 1. The lowest BCUT2D eigenvalue weighted by Gasteiger charge is -2.48. The number of nitrogens with zero attached hydrogens (tertiary/aromatic N) is 2. The van der Waals surface area contributed by atoms with Crippen LogP contribution < -0.4 is 4.74 Å². The highest BCUT2D eigenvalue weighted by molar-refractivity contribution is 5.87. The summed E-state index contributed by atoms with van der Waals surface area (Å²) in [6.45, 7) is 3.81. The third kappa shape index (κ3) is 3.59. The predicted molar refractivity (Wildman–Crippen MR) is 130 cm³/mol. The first-order chi connectivity index (χ1) is 16.6. The molecule has 34 heavy (non-hydrogen) atoms. The molecule has 0 atom stereocenters. The number of carbonyl (C=O) groups excluding carboxylic acids is 1. The molecule has 1 aliphatic carbocycles. The van der Waals surface area contributed by atoms with E-state index in [1.807, 2.05) is 18.2 Å². The van der Waals surface area contributed by atoms with Crippen LogP contribution in [0.4, 0.5) is 4.39 Å². The lowest BCUT2D eigenvalue weighted by molar-refractivity contribution is -0.140. The average Bonchev–Trinajstić information content (AvgIpc) is 3.18. The largest absolute Gasteiger partial charge is 0.497 e. The van der Waals surface area contributed by atoms with Crippen LogP contribution in [0.3, 0.4) is 0 Å². The van der Waals surface area contributed by atoms with Crippen molar-refractivity contribution in [1.29, 1.82) is 0 Å². The van der Waals surface area contributed by atoms with Gasteiger partial charge in [0, 0.05) is 72.3 Å². The maximum absolute atomic E-state index is 14.5. The summed E-state index contributed by atoms with van der Waals surface area (Å²) in [5.41, 5.74) is 4.37. The van der Waals surface area contributed by atoms with E-state index in [1.54, 1.807) is 19.2 Å². The number of benzene rings is 2. The number of likely N-dealkylation sites (tertiary alicyclic amines) is 1. The Kier molecular flexibility index (Phi) is 5.36. The Morgan fingerprint density at radius 2 is 1.97 bits per heavy atom. The van der Waals surface area contributed by atoms with Gasteiger partial charge in [-0.25, -0.2) is 4.39 Å². The first-order valence-electron chi connectivity index (χ1n) is 12.5. The number of H-pyrrole nitrogens is 1. The molecule has 6 rings (SSSR count). The van der Waals surface area contributed by atoms with Crippen LogP contribution in [0.25, 0.3) is 10.9 Å². The number of rotatable bonds is 4. The summed E-state index contributed by atoms with van der Waals surface area (Å²) in [6.07, 6.45) is 5.15. The van der Waals surface area contributed by atoms with Crippen molar-refractivity contribution in [2.75, 3.05) is 26.7 Å². The van der Waals surface area contributed by atoms with E-state index in [1.165, 1.54) is 23.1 Å². The molecule has 6 heteroatoms. The molecule has 178 valence electrons. The second kappa shape index (κ2) is 8.42. The van der Waals surface area contributed by atoms with Crippen molar-refractivity contribution in [3.8, 4) is 5.75 Å². The maximum atomic E-state index is 14.5. The fourth-order valence-corrected chi connectivity index (χ4v) is 6.33. The monoisotopic (exact) mass is 461 g/mol. The summed E-state index contributed by atoms with van der Waals surface area (Å²) in [5.74, 6) is 1.28. The number of hydrogen-bond acceptors (Lipinski definition) is 3. The molecule has 0 unspecified atom stereocenters. The van der Waals surface area contributed by atoms with Crippen molar-refractivity contribution in [2.24, 2.45) is 5.92 Å². The van der Waals surface area contributed by atoms with Gasteiger partial charge in [0.15, 0.2) is 0 Å². The zero-order valence-electron chi connectivity index (χ0n) is 19.8. The van der Waals surface area contributed by atoms with Gasteiger partial charge in [0.05, 0.1) is 7.11 Å². The predicted octanol–water partition coefficient (Wildman–Crippen LogP) is 4.99. The fourth-order valence-electron chi connectivity index (χ4n) is 6.33. The highest BCUT2D eigenvalue weighted by Crippen LogP contribution is 2.46. The Morgan fingerprint density at radius 3 is 2.68 bits per heavy atom. The van der Waals surface area contributed by atoms with Crippen molar-refractivity contribution < 1.29 is 13.9 Å². The molecule has 1 amide bonds. The van der Waals surface area contributed by atoms with Gasteiger partial charge in [-0.05, 0) is 49.4 Å². The number of halogens is 1. The normalized spacial score (nSPS) is 20.4. The molecule has 3 heterocycles. The zero-order valence-corrected chi connectivity index (χ0v) is 19.8. The minimum atomic E-state index is -0.148. The van der Waals surface area contributed by atoms with Gasteiger partial charge in [-0.1, -0.05) is 24.6 Å². The van der Waals surface area contributed by atoms with Crippen molar-refractivity contribution in [1.82, 2.24) is 14.8 Å². The molecule has 1 aromatic heterocycles. The summed E-state index contributed by atoms with van der Waals surface area (Å²) in [6, 6.07) is 13.3. The molecular formula is C28H32FN3O2. The van der Waals surface area contributed by atoms with E-state index in [9.17, 15) is 9.18 Å². The molecule has 3 aromatic rings. The molecule has 1 saturated carbocycles. The second-order valence-electron chi connectivity index (χ2n) is 10.4. The van der Waals surface area contributed by atoms with Crippen molar-refractivity contribution >= 4 is 16.8 Å². The molecule has 0 radical (unpaired) electrons. The summed E-state index contributed by atoms with van der Waals surface area (Å²) in [7, 11) is 1.69. The van der Waals surface area contributed by atoms with Crippen LogP contribution in [0.15, 0.2) is 42.5 Å². The van der Waals surface area contributed by atoms with Crippen LogP contribution in [0.2, 0.25) is 0 Å². The van der Waals surface area contributed by atoms with E-state index in [2.05, 4.69) is 26.9 Å². The van der Waals surface area contributed by atoms with Gasteiger partial charge in [0.2, 0.25) is 5.91 Å². The Labute approximate surface area is 199 Å². The van der Waals surface area contributed by atoms with E-state index >= 15 is 0 Å². The van der Waals surface area contributed by atoms with Crippen LogP contribution in [0.1, 0.15) is 48.9 Å². The van der Waals surface area contributed by atoms with Crippen LogP contribution in [0, 0.1) is 11.7 Å². The smallest absolute Gasteiger partial charge is 0.225 e. The van der Waals surface area contributed by atoms with E-state index in [0.29, 0.717) is 12.5 Å². The number of hydrogen-bond donors (Lipinski definition) is 1. The summed E-state index contributed by atoms with van der Waals surface area (Å²) >= 11 is 0. The Bertz CT molecular complexity index is 1220. The summed E-state index contributed by atoms with van der Waals surface area (Å²) in [5, 5.41) is 1.25. The first-order valence-corrected chi connectivity index (χ1v) is 12.5. The molecule has 1 N–H and O–H groups in total. The number of amides is 1. The Balaban J connectivity index is 1.35. The third-order valence-electron chi connectivity index (χ3n) is 8.36. The lowest BCUT2D eigenvalue weighted by Crippen LogP contribution is -2.53.